The summed E-state index contributed by atoms with van der Waals surface area (Å²) in [6, 6.07) is 0. The van der Waals surface area contributed by atoms with Crippen molar-refractivity contribution in [2.24, 2.45) is 4.99 Å². The molecule has 0 saturated carbocycles. The number of rotatable bonds is 0. The van der Waals surface area contributed by atoms with Crippen molar-refractivity contribution < 1.29 is 4.39 Å². The number of fused-ring (bicyclic) bond motifs is 1. The van der Waals surface area contributed by atoms with Crippen LogP contribution in [0.15, 0.2) is 11.2 Å². The Hall–Kier alpha value is -1.25. The van der Waals surface area contributed by atoms with Crippen molar-refractivity contribution in [3.05, 3.63) is 23.1 Å². The summed E-state index contributed by atoms with van der Waals surface area (Å²) < 4.78 is 13.0. The third kappa shape index (κ3) is 1.02. The normalized spacial score (nSPS) is 14.5. The predicted molar refractivity (Wildman–Crippen MR) is 45.4 cm³/mol. The lowest BCUT2D eigenvalue weighted by atomic mass is 10.0. The fourth-order valence-corrected chi connectivity index (χ4v) is 1.37. The van der Waals surface area contributed by atoms with Crippen molar-refractivity contribution in [2.75, 3.05) is 0 Å². The summed E-state index contributed by atoms with van der Waals surface area (Å²) in [4.78, 5) is 8.00. The van der Waals surface area contributed by atoms with Crippen molar-refractivity contribution >= 4 is 12.0 Å². The third-order valence-electron chi connectivity index (χ3n) is 2.12. The summed E-state index contributed by atoms with van der Waals surface area (Å²) in [6.45, 7) is 1.77. The minimum absolute atomic E-state index is 0.231. The van der Waals surface area contributed by atoms with E-state index in [1.54, 1.807) is 6.92 Å². The Balaban J connectivity index is 2.63. The van der Waals surface area contributed by atoms with E-state index in [2.05, 4.69) is 9.98 Å². The van der Waals surface area contributed by atoms with Gasteiger partial charge >= 0.3 is 0 Å². The van der Waals surface area contributed by atoms with E-state index >= 15 is 0 Å². The van der Waals surface area contributed by atoms with Gasteiger partial charge in [0.15, 0.2) is 5.82 Å². The summed E-state index contributed by atoms with van der Waals surface area (Å²) >= 11 is 0. The topological polar surface area (TPSA) is 25.2 Å². The maximum atomic E-state index is 13.0. The van der Waals surface area contributed by atoms with Crippen LogP contribution >= 0.6 is 0 Å². The van der Waals surface area contributed by atoms with Crippen LogP contribution in [0.4, 0.5) is 10.2 Å². The molecule has 0 bridgehead atoms. The molecule has 3 heteroatoms. The number of aliphatic imine (C=N–C) groups is 1. The molecule has 0 saturated heterocycles. The van der Waals surface area contributed by atoms with E-state index < -0.39 is 0 Å². The molecule has 1 aliphatic heterocycles. The molecule has 0 N–H and O–H groups in total. The van der Waals surface area contributed by atoms with Crippen molar-refractivity contribution in [3.63, 3.8) is 0 Å². The van der Waals surface area contributed by atoms with Crippen LogP contribution < -0.4 is 0 Å². The van der Waals surface area contributed by atoms with Crippen LogP contribution in [0.5, 0.6) is 0 Å². The Morgan fingerprint density at radius 3 is 3.17 bits per heavy atom. The summed E-state index contributed by atoms with van der Waals surface area (Å²) in [5.74, 6) is 0.450. The Kier molecular flexibility index (Phi) is 1.64. The van der Waals surface area contributed by atoms with Gasteiger partial charge in [-0.1, -0.05) is 0 Å². The van der Waals surface area contributed by atoms with E-state index in [-0.39, 0.29) is 5.82 Å². The first kappa shape index (κ1) is 7.40. The number of aromatic nitrogens is 1. The van der Waals surface area contributed by atoms with Crippen LogP contribution in [-0.4, -0.2) is 11.2 Å². The summed E-state index contributed by atoms with van der Waals surface area (Å²) in [6.07, 6.45) is 4.80. The van der Waals surface area contributed by atoms with E-state index in [4.69, 9.17) is 0 Å². The van der Waals surface area contributed by atoms with Gasteiger partial charge in [-0.15, -0.1) is 0 Å². The minimum Gasteiger partial charge on any atom is -0.241 e. The monoisotopic (exact) mass is 164 g/mol. The molecule has 0 spiro atoms. The second-order valence-electron chi connectivity index (χ2n) is 2.88. The molecule has 0 fully saturated rings. The quantitative estimate of drug-likeness (QED) is 0.577. The maximum Gasteiger partial charge on any atom is 0.155 e. The van der Waals surface area contributed by atoms with Crippen molar-refractivity contribution in [1.82, 2.24) is 4.98 Å². The zero-order valence-corrected chi connectivity index (χ0v) is 6.84. The fourth-order valence-electron chi connectivity index (χ4n) is 1.37. The van der Waals surface area contributed by atoms with Gasteiger partial charge in [0.05, 0.1) is 6.20 Å². The minimum atomic E-state index is -0.231. The molecule has 2 nitrogen and oxygen atoms in total. The zero-order valence-electron chi connectivity index (χ0n) is 6.84. The van der Waals surface area contributed by atoms with Gasteiger partial charge in [-0.2, -0.15) is 0 Å². The number of nitrogens with zero attached hydrogens (tertiary/aromatic N) is 2. The molecule has 62 valence electrons. The van der Waals surface area contributed by atoms with Crippen LogP contribution in [0.3, 0.4) is 0 Å². The molecule has 0 atom stereocenters. The molecule has 0 aliphatic carbocycles. The van der Waals surface area contributed by atoms with Gasteiger partial charge in [0.25, 0.3) is 0 Å². The Morgan fingerprint density at radius 2 is 2.33 bits per heavy atom. The van der Waals surface area contributed by atoms with Gasteiger partial charge in [-0.3, -0.25) is 0 Å². The maximum absolute atomic E-state index is 13.0. The van der Waals surface area contributed by atoms with Gasteiger partial charge in [-0.05, 0) is 25.3 Å². The highest BCUT2D eigenvalue weighted by Gasteiger charge is 2.12. The second-order valence-corrected chi connectivity index (χ2v) is 2.88. The third-order valence-corrected chi connectivity index (χ3v) is 2.12. The average molecular weight is 164 g/mol. The smallest absolute Gasteiger partial charge is 0.155 e. The standard InChI is InChI=1S/C9H9FN2/c1-6-7-3-2-4-11-9(7)12-5-8(6)10/h4-5H,2-3H2,1H3. The first-order chi connectivity index (χ1) is 5.79. The molecule has 12 heavy (non-hydrogen) atoms. The first-order valence-corrected chi connectivity index (χ1v) is 3.95. The lowest BCUT2D eigenvalue weighted by Crippen LogP contribution is -2.00. The van der Waals surface area contributed by atoms with Crippen LogP contribution in [-0.2, 0) is 6.42 Å². The Labute approximate surface area is 70.2 Å². The molecule has 2 rings (SSSR count). The fraction of sp³-hybridized carbons (Fsp3) is 0.333. The molecule has 0 radical (unpaired) electrons. The Bertz CT molecular complexity index is 345. The molecule has 2 heterocycles. The average Bonchev–Trinajstić information content (AvgIpc) is 2.12. The zero-order chi connectivity index (χ0) is 8.55. The number of halogens is 1. The van der Waals surface area contributed by atoms with Gasteiger partial charge < -0.3 is 0 Å². The highest BCUT2D eigenvalue weighted by molar-refractivity contribution is 5.67. The number of hydrogen-bond acceptors (Lipinski definition) is 2. The highest BCUT2D eigenvalue weighted by atomic mass is 19.1. The van der Waals surface area contributed by atoms with Crippen LogP contribution in [0.2, 0.25) is 0 Å². The van der Waals surface area contributed by atoms with E-state index in [0.29, 0.717) is 11.4 Å². The summed E-state index contributed by atoms with van der Waals surface area (Å²) in [5, 5.41) is 0. The SMILES string of the molecule is Cc1c(F)cnc2c1CCC=N2. The van der Waals surface area contributed by atoms with Crippen molar-refractivity contribution in [3.8, 4) is 0 Å². The molecule has 0 aromatic carbocycles. The lowest BCUT2D eigenvalue weighted by molar-refractivity contribution is 0.608. The van der Waals surface area contributed by atoms with Gasteiger partial charge in [0.1, 0.15) is 5.82 Å². The predicted octanol–water partition coefficient (Wildman–Crippen LogP) is 2.18. The Morgan fingerprint density at radius 1 is 1.50 bits per heavy atom. The molecule has 1 aliphatic rings. The van der Waals surface area contributed by atoms with Crippen LogP contribution in [0.1, 0.15) is 17.5 Å². The summed E-state index contributed by atoms with van der Waals surface area (Å²) in [7, 11) is 0. The summed E-state index contributed by atoms with van der Waals surface area (Å²) in [5.41, 5.74) is 1.65. The lowest BCUT2D eigenvalue weighted by Gasteiger charge is -2.11. The van der Waals surface area contributed by atoms with E-state index in [1.807, 2.05) is 6.21 Å². The molecule has 0 amide bonds. The second kappa shape index (κ2) is 2.66. The number of pyridine rings is 1. The molecular weight excluding hydrogens is 155 g/mol. The highest BCUT2D eigenvalue weighted by Crippen LogP contribution is 2.25. The molecule has 1 aromatic heterocycles. The van der Waals surface area contributed by atoms with Crippen LogP contribution in [0, 0.1) is 12.7 Å². The van der Waals surface area contributed by atoms with Crippen molar-refractivity contribution in [2.45, 2.75) is 19.8 Å². The van der Waals surface area contributed by atoms with Gasteiger partial charge in [0.2, 0.25) is 0 Å². The van der Waals surface area contributed by atoms with Crippen LogP contribution in [0.25, 0.3) is 0 Å². The molecule has 1 aromatic rings. The van der Waals surface area contributed by atoms with E-state index in [1.165, 1.54) is 6.20 Å². The number of hydrogen-bond donors (Lipinski definition) is 0. The van der Waals surface area contributed by atoms with E-state index in [9.17, 15) is 4.39 Å². The van der Waals surface area contributed by atoms with E-state index in [0.717, 1.165) is 18.4 Å². The molecular formula is C9H9FN2. The molecule has 0 unspecified atom stereocenters. The first-order valence-electron chi connectivity index (χ1n) is 3.95. The van der Waals surface area contributed by atoms with Gasteiger partial charge in [0, 0.05) is 11.8 Å². The van der Waals surface area contributed by atoms with Gasteiger partial charge in [-0.25, -0.2) is 14.4 Å². The van der Waals surface area contributed by atoms with Crippen molar-refractivity contribution in [1.29, 1.82) is 0 Å². The largest absolute Gasteiger partial charge is 0.241 e.